The summed E-state index contributed by atoms with van der Waals surface area (Å²) in [6.45, 7) is 3.75. The largest absolute Gasteiger partial charge is 0.331 e. The van der Waals surface area contributed by atoms with E-state index < -0.39 is 6.43 Å². The van der Waals surface area contributed by atoms with Crippen molar-refractivity contribution in [2.45, 2.75) is 38.3 Å². The number of amides is 2. The molecule has 31 heavy (non-hydrogen) atoms. The molecular weight excluding hydrogens is 445 g/mol. The minimum Gasteiger partial charge on any atom is -0.331 e. The van der Waals surface area contributed by atoms with Crippen molar-refractivity contribution < 1.29 is 13.6 Å². The van der Waals surface area contributed by atoms with Crippen molar-refractivity contribution in [3.8, 4) is 11.1 Å². The number of aromatic nitrogens is 1. The number of benzene rings is 1. The zero-order valence-corrected chi connectivity index (χ0v) is 19.2. The zero-order chi connectivity index (χ0) is 22.7. The second kappa shape index (κ2) is 10.1. The first kappa shape index (κ1) is 23.7. The van der Waals surface area contributed by atoms with Gasteiger partial charge in [-0.2, -0.15) is 0 Å². The third kappa shape index (κ3) is 5.45. The molecule has 1 N–H and O–H groups in total. The van der Waals surface area contributed by atoms with Crippen molar-refractivity contribution in [2.24, 2.45) is 0 Å². The molecule has 1 aliphatic rings. The Hall–Kier alpha value is -1.96. The number of nitrogens with zero attached hydrogens (tertiary/aromatic N) is 3. The van der Waals surface area contributed by atoms with Gasteiger partial charge in [0.05, 0.1) is 16.1 Å². The van der Waals surface area contributed by atoms with Crippen molar-refractivity contribution >= 4 is 29.2 Å². The molecule has 1 atom stereocenters. The smallest absolute Gasteiger partial charge is 0.317 e. The number of likely N-dealkylation sites (tertiary alicyclic amines) is 1. The van der Waals surface area contributed by atoms with E-state index >= 15 is 0 Å². The average Bonchev–Trinajstić information content (AvgIpc) is 2.75. The minimum absolute atomic E-state index is 0.174. The topological polar surface area (TPSA) is 48.5 Å². The highest BCUT2D eigenvalue weighted by Crippen LogP contribution is 2.38. The minimum atomic E-state index is -2.63. The van der Waals surface area contributed by atoms with E-state index in [2.05, 4.69) is 22.2 Å². The van der Waals surface area contributed by atoms with Gasteiger partial charge in [-0.1, -0.05) is 35.3 Å². The highest BCUT2D eigenvalue weighted by atomic mass is 35.5. The third-order valence-electron chi connectivity index (χ3n) is 5.80. The first-order valence-corrected chi connectivity index (χ1v) is 10.9. The number of rotatable bonds is 5. The van der Waals surface area contributed by atoms with Crippen LogP contribution in [0.5, 0.6) is 0 Å². The van der Waals surface area contributed by atoms with E-state index in [0.717, 1.165) is 32.1 Å². The van der Waals surface area contributed by atoms with Crippen molar-refractivity contribution in [3.05, 3.63) is 51.8 Å². The van der Waals surface area contributed by atoms with E-state index in [0.29, 0.717) is 16.7 Å². The lowest BCUT2D eigenvalue weighted by Crippen LogP contribution is -2.48. The second-order valence-corrected chi connectivity index (χ2v) is 8.71. The van der Waals surface area contributed by atoms with Gasteiger partial charge in [0.25, 0.3) is 6.43 Å². The molecule has 0 bridgehead atoms. The summed E-state index contributed by atoms with van der Waals surface area (Å²) in [4.78, 5) is 20.6. The van der Waals surface area contributed by atoms with Crippen LogP contribution >= 0.6 is 23.2 Å². The third-order valence-corrected chi connectivity index (χ3v) is 6.69. The Labute approximate surface area is 191 Å². The molecule has 168 valence electrons. The Bertz CT molecular complexity index is 936. The van der Waals surface area contributed by atoms with E-state index in [-0.39, 0.29) is 33.7 Å². The van der Waals surface area contributed by atoms with Crippen LogP contribution in [-0.4, -0.2) is 54.0 Å². The van der Waals surface area contributed by atoms with Gasteiger partial charge in [-0.05, 0) is 51.5 Å². The fourth-order valence-corrected chi connectivity index (χ4v) is 4.37. The second-order valence-electron chi connectivity index (χ2n) is 7.95. The Morgan fingerprint density at radius 2 is 1.90 bits per heavy atom. The Balaban J connectivity index is 1.75. The van der Waals surface area contributed by atoms with Crippen LogP contribution in [-0.2, 0) is 0 Å². The Kier molecular flexibility index (Phi) is 7.73. The van der Waals surface area contributed by atoms with Crippen molar-refractivity contribution in [3.63, 3.8) is 0 Å². The van der Waals surface area contributed by atoms with Crippen molar-refractivity contribution in [2.75, 3.05) is 27.2 Å². The maximum atomic E-state index is 13.0. The Morgan fingerprint density at radius 1 is 1.23 bits per heavy atom. The van der Waals surface area contributed by atoms with Crippen LogP contribution in [0.4, 0.5) is 13.6 Å². The molecule has 1 aromatic heterocycles. The first-order valence-electron chi connectivity index (χ1n) is 10.1. The van der Waals surface area contributed by atoms with Gasteiger partial charge in [-0.3, -0.25) is 4.98 Å². The van der Waals surface area contributed by atoms with Gasteiger partial charge in [0.2, 0.25) is 0 Å². The maximum Gasteiger partial charge on any atom is 0.317 e. The predicted molar refractivity (Wildman–Crippen MR) is 120 cm³/mol. The van der Waals surface area contributed by atoms with Gasteiger partial charge in [0.1, 0.15) is 0 Å². The van der Waals surface area contributed by atoms with Gasteiger partial charge in [-0.25, -0.2) is 13.6 Å². The molecule has 2 aromatic rings. The van der Waals surface area contributed by atoms with E-state index in [1.165, 1.54) is 12.3 Å². The van der Waals surface area contributed by atoms with Gasteiger partial charge in [0, 0.05) is 42.2 Å². The molecule has 3 rings (SSSR count). The molecular formula is C22H26Cl2F2N4O. The molecule has 1 fully saturated rings. The van der Waals surface area contributed by atoms with Crippen LogP contribution in [0.2, 0.25) is 10.0 Å². The van der Waals surface area contributed by atoms with Crippen LogP contribution < -0.4 is 5.32 Å². The number of urea groups is 1. The summed E-state index contributed by atoms with van der Waals surface area (Å²) in [6, 6.07) is 4.44. The lowest BCUT2D eigenvalue weighted by Gasteiger charge is -2.35. The first-order chi connectivity index (χ1) is 14.7. The van der Waals surface area contributed by atoms with Crippen molar-refractivity contribution in [1.82, 2.24) is 20.1 Å². The number of nitrogens with one attached hydrogen (secondary N) is 1. The zero-order valence-electron chi connectivity index (χ0n) is 17.7. The van der Waals surface area contributed by atoms with E-state index in [9.17, 15) is 13.6 Å². The number of carbonyl (C=O) groups is 1. The number of hydrogen-bond acceptors (Lipinski definition) is 3. The summed E-state index contributed by atoms with van der Waals surface area (Å²) < 4.78 is 26.0. The number of halogens is 4. The Morgan fingerprint density at radius 3 is 2.55 bits per heavy atom. The van der Waals surface area contributed by atoms with Gasteiger partial charge < -0.3 is 15.1 Å². The summed E-state index contributed by atoms with van der Waals surface area (Å²) in [6.07, 6.45) is 1.82. The summed E-state index contributed by atoms with van der Waals surface area (Å²) in [5.41, 5.74) is 1.42. The molecule has 1 aromatic carbocycles. The number of pyridine rings is 1. The number of carbonyl (C=O) groups excluding carboxylic acids is 1. The molecule has 9 heteroatoms. The lowest BCUT2D eigenvalue weighted by molar-refractivity contribution is 0.146. The molecule has 2 heterocycles. The van der Waals surface area contributed by atoms with E-state index in [4.69, 9.17) is 23.2 Å². The fourth-order valence-electron chi connectivity index (χ4n) is 3.76. The average molecular weight is 471 g/mol. The summed E-state index contributed by atoms with van der Waals surface area (Å²) in [5, 5.41) is 3.48. The van der Waals surface area contributed by atoms with Crippen LogP contribution in [0.15, 0.2) is 30.6 Å². The number of hydrogen-bond donors (Lipinski definition) is 1. The van der Waals surface area contributed by atoms with E-state index in [1.807, 2.05) is 6.92 Å². The van der Waals surface area contributed by atoms with Gasteiger partial charge in [-0.15, -0.1) is 0 Å². The molecule has 2 amide bonds. The van der Waals surface area contributed by atoms with Crippen LogP contribution in [0.1, 0.15) is 43.4 Å². The molecule has 0 saturated carbocycles. The standard InChI is InChI=1S/C22H26Cl2F2N4O/c1-13(28-22(31)30(3)16-6-8-29(2)9-7-16)17-4-5-18(20(24)19(17)23)14-10-15(21(25)26)12-27-11-14/h4-5,10-13,16,21H,6-9H2,1-3H3,(H,28,31). The van der Waals surface area contributed by atoms with Crippen molar-refractivity contribution in [1.29, 1.82) is 0 Å². The summed E-state index contributed by atoms with van der Waals surface area (Å²) >= 11 is 13.0. The summed E-state index contributed by atoms with van der Waals surface area (Å²) in [5.74, 6) is 0. The normalized spacial score (nSPS) is 16.4. The molecule has 1 saturated heterocycles. The molecule has 1 aliphatic heterocycles. The van der Waals surface area contributed by atoms with Crippen LogP contribution in [0.3, 0.4) is 0 Å². The monoisotopic (exact) mass is 470 g/mol. The highest BCUT2D eigenvalue weighted by Gasteiger charge is 2.26. The number of piperidine rings is 1. The van der Waals surface area contributed by atoms with Gasteiger partial charge >= 0.3 is 6.03 Å². The highest BCUT2D eigenvalue weighted by molar-refractivity contribution is 6.44. The van der Waals surface area contributed by atoms with E-state index in [1.54, 1.807) is 24.1 Å². The summed E-state index contributed by atoms with van der Waals surface area (Å²) in [7, 11) is 3.88. The molecule has 0 radical (unpaired) electrons. The van der Waals surface area contributed by atoms with Gasteiger partial charge in [0.15, 0.2) is 0 Å². The fraction of sp³-hybridized carbons (Fsp3) is 0.455. The maximum absolute atomic E-state index is 13.0. The predicted octanol–water partition coefficient (Wildman–Crippen LogP) is 5.79. The van der Waals surface area contributed by atoms with Crippen LogP contribution in [0.25, 0.3) is 11.1 Å². The quantitative estimate of drug-likeness (QED) is 0.601. The molecule has 5 nitrogen and oxygen atoms in total. The number of alkyl halides is 2. The molecule has 1 unspecified atom stereocenters. The van der Waals surface area contributed by atoms with Crippen LogP contribution in [0, 0.1) is 0 Å². The lowest BCUT2D eigenvalue weighted by atomic mass is 10.0. The SMILES string of the molecule is CC(NC(=O)N(C)C1CCN(C)CC1)c1ccc(-c2cncc(C(F)F)c2)c(Cl)c1Cl. The molecule has 0 aliphatic carbocycles. The molecule has 0 spiro atoms.